The summed E-state index contributed by atoms with van der Waals surface area (Å²) in [4.78, 5) is 12.4. The molecule has 210 valence electrons. The van der Waals surface area contributed by atoms with Crippen LogP contribution in [0, 0.1) is 0 Å². The van der Waals surface area contributed by atoms with Gasteiger partial charge in [0.2, 0.25) is 0 Å². The fourth-order valence-electron chi connectivity index (χ4n) is 5.49. The lowest BCUT2D eigenvalue weighted by Gasteiger charge is -2.47. The average molecular weight is 554 g/mol. The highest BCUT2D eigenvalue weighted by Crippen LogP contribution is 2.48. The number of rotatable bonds is 8. The van der Waals surface area contributed by atoms with Gasteiger partial charge in [-0.1, -0.05) is 36.4 Å². The lowest BCUT2D eigenvalue weighted by Crippen LogP contribution is -2.48. The van der Waals surface area contributed by atoms with Gasteiger partial charge in [-0.15, -0.1) is 6.58 Å². The van der Waals surface area contributed by atoms with E-state index in [1.807, 2.05) is 30.3 Å². The smallest absolute Gasteiger partial charge is 0.373 e. The number of H-pyrrole nitrogens is 1. The minimum Gasteiger partial charge on any atom is -0.373 e. The number of ether oxygens (including phenoxy) is 1. The van der Waals surface area contributed by atoms with Crippen LogP contribution in [0.25, 0.3) is 0 Å². The van der Waals surface area contributed by atoms with Gasteiger partial charge in [0.15, 0.2) is 0 Å². The fraction of sp³-hybridized carbons (Fsp3) is 0.429. The Morgan fingerprint density at radius 2 is 1.62 bits per heavy atom. The standard InChI is InChI=1S/C28H29F6N3O2/c1-3-9-26(37-18-35-36-24(37)38)12-10-25(11-13-26,21-7-5-4-6-8-21)17-39-19(2)20-14-22(27(29,30)31)16-23(15-20)28(32,33)34/h3-8,14-16,18-19H,1,9-13,17H2,2H3,(H,36,38)/t19-,25-,26+/m1/s1. The zero-order valence-corrected chi connectivity index (χ0v) is 21.3. The van der Waals surface area contributed by atoms with Crippen molar-refractivity contribution < 1.29 is 31.1 Å². The number of nitrogens with zero attached hydrogens (tertiary/aromatic N) is 2. The molecule has 1 heterocycles. The molecule has 1 N–H and O–H groups in total. The maximum absolute atomic E-state index is 13.4. The fourth-order valence-corrected chi connectivity index (χ4v) is 5.49. The highest BCUT2D eigenvalue weighted by molar-refractivity contribution is 5.35. The van der Waals surface area contributed by atoms with Gasteiger partial charge in [0, 0.05) is 5.41 Å². The molecule has 1 saturated carbocycles. The van der Waals surface area contributed by atoms with Gasteiger partial charge in [-0.3, -0.25) is 4.57 Å². The van der Waals surface area contributed by atoms with Gasteiger partial charge >= 0.3 is 18.0 Å². The van der Waals surface area contributed by atoms with Crippen molar-refractivity contribution in [1.82, 2.24) is 14.8 Å². The van der Waals surface area contributed by atoms with E-state index in [2.05, 4.69) is 16.8 Å². The molecule has 0 saturated heterocycles. The summed E-state index contributed by atoms with van der Waals surface area (Å²) >= 11 is 0. The first-order valence-electron chi connectivity index (χ1n) is 12.5. The number of aromatic amines is 1. The number of halogens is 6. The molecule has 3 aromatic rings. The summed E-state index contributed by atoms with van der Waals surface area (Å²) in [6.45, 7) is 5.36. The first-order chi connectivity index (χ1) is 18.3. The topological polar surface area (TPSA) is 59.9 Å². The number of benzene rings is 2. The SMILES string of the molecule is C=CC[C@]1(n2cn[nH]c2=O)CC[C@@](CO[C@H](C)c2cc(C(F)(F)F)cc(C(F)(F)F)c2)(c2ccccc2)CC1. The summed E-state index contributed by atoms with van der Waals surface area (Å²) in [6, 6.07) is 11.0. The van der Waals surface area contributed by atoms with Gasteiger partial charge in [-0.2, -0.15) is 31.4 Å². The maximum Gasteiger partial charge on any atom is 0.416 e. The molecule has 0 spiro atoms. The second kappa shape index (κ2) is 10.7. The van der Waals surface area contributed by atoms with Crippen molar-refractivity contribution in [3.05, 3.63) is 100 Å². The third-order valence-electron chi connectivity index (χ3n) is 7.80. The minimum absolute atomic E-state index is 0.0697. The lowest BCUT2D eigenvalue weighted by atomic mass is 9.63. The zero-order chi connectivity index (χ0) is 28.5. The summed E-state index contributed by atoms with van der Waals surface area (Å²) in [6.07, 6.45) is -4.93. The van der Waals surface area contributed by atoms with Crippen molar-refractivity contribution in [1.29, 1.82) is 0 Å². The third-order valence-corrected chi connectivity index (χ3v) is 7.80. The van der Waals surface area contributed by atoms with Crippen LogP contribution >= 0.6 is 0 Å². The Kier molecular flexibility index (Phi) is 7.84. The summed E-state index contributed by atoms with van der Waals surface area (Å²) in [5.74, 6) is 0. The van der Waals surface area contributed by atoms with Crippen LogP contribution in [0.1, 0.15) is 67.4 Å². The Morgan fingerprint density at radius 3 is 2.10 bits per heavy atom. The van der Waals surface area contributed by atoms with Crippen LogP contribution in [0.15, 0.2) is 72.3 Å². The molecule has 5 nitrogen and oxygen atoms in total. The van der Waals surface area contributed by atoms with Crippen molar-refractivity contribution in [2.24, 2.45) is 0 Å². The van der Waals surface area contributed by atoms with E-state index in [1.54, 1.807) is 10.6 Å². The Balaban J connectivity index is 1.63. The molecule has 11 heteroatoms. The monoisotopic (exact) mass is 553 g/mol. The van der Waals surface area contributed by atoms with Gasteiger partial charge < -0.3 is 4.74 Å². The maximum atomic E-state index is 13.4. The molecule has 2 aromatic carbocycles. The highest BCUT2D eigenvalue weighted by Gasteiger charge is 2.45. The predicted octanol–water partition coefficient (Wildman–Crippen LogP) is 7.17. The van der Waals surface area contributed by atoms with Crippen molar-refractivity contribution in [3.63, 3.8) is 0 Å². The Hall–Kier alpha value is -3.34. The molecule has 0 bridgehead atoms. The summed E-state index contributed by atoms with van der Waals surface area (Å²) < 4.78 is 88.0. The van der Waals surface area contributed by atoms with E-state index in [1.165, 1.54) is 13.3 Å². The van der Waals surface area contributed by atoms with Crippen LogP contribution in [-0.4, -0.2) is 21.4 Å². The van der Waals surface area contributed by atoms with Gasteiger partial charge in [0.1, 0.15) is 6.33 Å². The molecule has 1 atom stereocenters. The quantitative estimate of drug-likeness (QED) is 0.238. The van der Waals surface area contributed by atoms with Crippen LogP contribution in [0.3, 0.4) is 0 Å². The van der Waals surface area contributed by atoms with Gasteiger partial charge in [0.25, 0.3) is 0 Å². The van der Waals surface area contributed by atoms with E-state index >= 15 is 0 Å². The van der Waals surface area contributed by atoms with E-state index < -0.39 is 40.5 Å². The number of hydrogen-bond donors (Lipinski definition) is 1. The van der Waals surface area contributed by atoms with Crippen LogP contribution < -0.4 is 5.69 Å². The van der Waals surface area contributed by atoms with E-state index in [0.717, 1.165) is 5.56 Å². The second-order valence-corrected chi connectivity index (χ2v) is 10.2. The molecule has 1 aliphatic rings. The molecule has 0 amide bonds. The third kappa shape index (κ3) is 5.98. The molecule has 4 rings (SSSR count). The van der Waals surface area contributed by atoms with Gasteiger partial charge in [-0.25, -0.2) is 9.89 Å². The lowest BCUT2D eigenvalue weighted by molar-refractivity contribution is -0.143. The molecular weight excluding hydrogens is 524 g/mol. The molecule has 0 radical (unpaired) electrons. The Labute approximate surface area is 221 Å². The molecular formula is C28H29F6N3O2. The number of aromatic nitrogens is 3. The van der Waals surface area contributed by atoms with Gasteiger partial charge in [-0.05, 0) is 68.4 Å². The first kappa shape index (κ1) is 28.7. The highest BCUT2D eigenvalue weighted by atomic mass is 19.4. The number of allylic oxidation sites excluding steroid dienone is 1. The number of hydrogen-bond acceptors (Lipinski definition) is 3. The summed E-state index contributed by atoms with van der Waals surface area (Å²) in [5, 5.41) is 6.29. The van der Waals surface area contributed by atoms with Crippen molar-refractivity contribution in [2.75, 3.05) is 6.61 Å². The number of nitrogens with one attached hydrogen (secondary N) is 1. The molecule has 0 unspecified atom stereocenters. The van der Waals surface area contributed by atoms with Crippen LogP contribution in [0.5, 0.6) is 0 Å². The second-order valence-electron chi connectivity index (χ2n) is 10.2. The minimum atomic E-state index is -4.94. The first-order valence-corrected chi connectivity index (χ1v) is 12.5. The Bertz CT molecular complexity index is 1300. The van der Waals surface area contributed by atoms with Crippen molar-refractivity contribution in [2.45, 2.75) is 68.4 Å². The zero-order valence-electron chi connectivity index (χ0n) is 21.3. The normalized spacial score (nSPS) is 22.9. The van der Waals surface area contributed by atoms with Crippen molar-refractivity contribution >= 4 is 0 Å². The van der Waals surface area contributed by atoms with Crippen LogP contribution in [0.2, 0.25) is 0 Å². The molecule has 1 fully saturated rings. The average Bonchev–Trinajstić information content (AvgIpc) is 3.34. The van der Waals surface area contributed by atoms with Crippen molar-refractivity contribution in [3.8, 4) is 0 Å². The molecule has 39 heavy (non-hydrogen) atoms. The van der Waals surface area contributed by atoms with Crippen LogP contribution in [0.4, 0.5) is 26.3 Å². The molecule has 1 aliphatic carbocycles. The number of alkyl halides is 6. The molecule has 1 aromatic heterocycles. The predicted molar refractivity (Wildman–Crippen MR) is 133 cm³/mol. The van der Waals surface area contributed by atoms with Crippen LogP contribution in [-0.2, 0) is 28.0 Å². The van der Waals surface area contributed by atoms with E-state index in [-0.39, 0.29) is 23.9 Å². The summed E-state index contributed by atoms with van der Waals surface area (Å²) in [5.41, 5.74) is -3.47. The molecule has 0 aliphatic heterocycles. The van der Waals surface area contributed by atoms with E-state index in [4.69, 9.17) is 4.74 Å². The largest absolute Gasteiger partial charge is 0.416 e. The Morgan fingerprint density at radius 1 is 1.03 bits per heavy atom. The summed E-state index contributed by atoms with van der Waals surface area (Å²) in [7, 11) is 0. The van der Waals surface area contributed by atoms with Gasteiger partial charge in [0.05, 0.1) is 29.4 Å². The van der Waals surface area contributed by atoms with E-state index in [0.29, 0.717) is 44.2 Å². The van der Waals surface area contributed by atoms with E-state index in [9.17, 15) is 31.1 Å².